The molecular formula is C19H22Cl3N3O4S. The first-order valence-electron chi connectivity index (χ1n) is 9.23. The lowest BCUT2D eigenvalue weighted by Gasteiger charge is -2.15. The van der Waals surface area contributed by atoms with Gasteiger partial charge in [0.2, 0.25) is 0 Å². The molecule has 2 heterocycles. The lowest BCUT2D eigenvalue weighted by Crippen LogP contribution is -2.24. The zero-order valence-corrected chi connectivity index (χ0v) is 19.8. The maximum absolute atomic E-state index is 12.5. The molecule has 164 valence electrons. The fourth-order valence-electron chi connectivity index (χ4n) is 3.04. The number of hydrogen-bond acceptors (Lipinski definition) is 5. The van der Waals surface area contributed by atoms with Crippen molar-refractivity contribution >= 4 is 56.4 Å². The number of rotatable bonds is 5. The number of aromatic nitrogens is 2. The molecule has 30 heavy (non-hydrogen) atoms. The summed E-state index contributed by atoms with van der Waals surface area (Å²) in [5.41, 5.74) is 0.474. The van der Waals surface area contributed by atoms with Gasteiger partial charge in [0, 0.05) is 17.5 Å². The highest BCUT2D eigenvalue weighted by atomic mass is 35.5. The SMILES string of the molecule is CC(C)(C)c1cc(NC(=O)COc2cc(Cl)c(Cl)cc2Cl)n(C2CCS(=O)(=O)C2)n1. The lowest BCUT2D eigenvalue weighted by molar-refractivity contribution is -0.118. The average molecular weight is 495 g/mol. The van der Waals surface area contributed by atoms with Crippen LogP contribution in [0.3, 0.4) is 0 Å². The molecule has 1 N–H and O–H groups in total. The number of ether oxygens (including phenoxy) is 1. The molecule has 3 rings (SSSR count). The van der Waals surface area contributed by atoms with E-state index in [9.17, 15) is 13.2 Å². The molecule has 7 nitrogen and oxygen atoms in total. The largest absolute Gasteiger partial charge is 0.482 e. The van der Waals surface area contributed by atoms with Crippen LogP contribution in [0.25, 0.3) is 0 Å². The van der Waals surface area contributed by atoms with E-state index in [-0.39, 0.29) is 50.4 Å². The van der Waals surface area contributed by atoms with Crippen LogP contribution in [0.2, 0.25) is 15.1 Å². The normalized spacial score (nSPS) is 18.4. The third kappa shape index (κ3) is 5.41. The fraction of sp³-hybridized carbons (Fsp3) is 0.474. The van der Waals surface area contributed by atoms with Crippen molar-refractivity contribution < 1.29 is 17.9 Å². The van der Waals surface area contributed by atoms with Crippen molar-refractivity contribution in [3.05, 3.63) is 39.0 Å². The number of sulfone groups is 1. The summed E-state index contributed by atoms with van der Waals surface area (Å²) >= 11 is 17.9. The Morgan fingerprint density at radius 1 is 1.20 bits per heavy atom. The molecule has 1 amide bonds. The van der Waals surface area contributed by atoms with E-state index in [1.807, 2.05) is 20.8 Å². The minimum absolute atomic E-state index is 0.00346. The smallest absolute Gasteiger partial charge is 0.263 e. The highest BCUT2D eigenvalue weighted by Gasteiger charge is 2.33. The Labute approximate surface area is 190 Å². The Balaban J connectivity index is 1.77. The standard InChI is InChI=1S/C19H22Cl3N3O4S/c1-19(2,3)16-8-17(25(24-16)11-4-5-30(27,28)10-11)23-18(26)9-29-15-7-13(21)12(20)6-14(15)22/h6-8,11H,4-5,9-10H2,1-3H3,(H,23,26). The second-order valence-corrected chi connectivity index (χ2v) is 11.7. The zero-order valence-electron chi connectivity index (χ0n) is 16.7. The summed E-state index contributed by atoms with van der Waals surface area (Å²) in [6.07, 6.45) is 0.450. The molecule has 0 aliphatic carbocycles. The number of carbonyl (C=O) groups excluding carboxylic acids is 1. The molecule has 1 aliphatic heterocycles. The van der Waals surface area contributed by atoms with Crippen molar-refractivity contribution in [3.63, 3.8) is 0 Å². The topological polar surface area (TPSA) is 90.3 Å². The quantitative estimate of drug-likeness (QED) is 0.617. The minimum atomic E-state index is -3.11. The predicted molar refractivity (Wildman–Crippen MR) is 119 cm³/mol. The van der Waals surface area contributed by atoms with E-state index in [2.05, 4.69) is 10.4 Å². The van der Waals surface area contributed by atoms with E-state index in [1.54, 1.807) is 10.7 Å². The van der Waals surface area contributed by atoms with Crippen molar-refractivity contribution in [3.8, 4) is 5.75 Å². The molecule has 0 radical (unpaired) electrons. The number of halogens is 3. The van der Waals surface area contributed by atoms with E-state index < -0.39 is 15.7 Å². The Kier molecular flexibility index (Phi) is 6.63. The molecule has 1 unspecified atom stereocenters. The second kappa shape index (κ2) is 8.57. The van der Waals surface area contributed by atoms with Gasteiger partial charge in [0.25, 0.3) is 5.91 Å². The Bertz CT molecular complexity index is 1080. The van der Waals surface area contributed by atoms with Gasteiger partial charge in [-0.1, -0.05) is 55.6 Å². The van der Waals surface area contributed by atoms with Crippen LogP contribution in [0.15, 0.2) is 18.2 Å². The Morgan fingerprint density at radius 2 is 1.87 bits per heavy atom. The Hall–Kier alpha value is -1.48. The molecule has 1 fully saturated rings. The van der Waals surface area contributed by atoms with Gasteiger partial charge in [0.15, 0.2) is 16.4 Å². The molecule has 1 aromatic heterocycles. The summed E-state index contributed by atoms with van der Waals surface area (Å²) in [6, 6.07) is 4.30. The van der Waals surface area contributed by atoms with Gasteiger partial charge in [0.05, 0.1) is 38.3 Å². The maximum atomic E-state index is 12.5. The van der Waals surface area contributed by atoms with Gasteiger partial charge >= 0.3 is 0 Å². The average Bonchev–Trinajstić information content (AvgIpc) is 3.19. The number of benzene rings is 1. The number of carbonyl (C=O) groups is 1. The van der Waals surface area contributed by atoms with Crippen molar-refractivity contribution in [1.82, 2.24) is 9.78 Å². The number of nitrogens with zero attached hydrogens (tertiary/aromatic N) is 2. The lowest BCUT2D eigenvalue weighted by atomic mass is 9.92. The molecule has 0 bridgehead atoms. The summed E-state index contributed by atoms with van der Waals surface area (Å²) in [7, 11) is -3.11. The number of nitrogens with one attached hydrogen (secondary N) is 1. The summed E-state index contributed by atoms with van der Waals surface area (Å²) in [5.74, 6) is 0.313. The van der Waals surface area contributed by atoms with Gasteiger partial charge in [0.1, 0.15) is 11.6 Å². The van der Waals surface area contributed by atoms with Gasteiger partial charge in [-0.2, -0.15) is 5.10 Å². The molecule has 2 aromatic rings. The highest BCUT2D eigenvalue weighted by Crippen LogP contribution is 2.34. The number of amides is 1. The first kappa shape index (κ1) is 23.2. The first-order valence-corrected chi connectivity index (χ1v) is 12.2. The van der Waals surface area contributed by atoms with Crippen LogP contribution in [0.4, 0.5) is 5.82 Å². The zero-order chi connectivity index (χ0) is 22.3. The third-order valence-corrected chi connectivity index (χ3v) is 7.43. The maximum Gasteiger partial charge on any atom is 0.263 e. The van der Waals surface area contributed by atoms with Crippen molar-refractivity contribution in [2.24, 2.45) is 0 Å². The molecule has 1 saturated heterocycles. The van der Waals surface area contributed by atoms with E-state index in [1.165, 1.54) is 12.1 Å². The van der Waals surface area contributed by atoms with Crippen LogP contribution in [0.5, 0.6) is 5.75 Å². The van der Waals surface area contributed by atoms with Gasteiger partial charge < -0.3 is 10.1 Å². The summed E-state index contributed by atoms with van der Waals surface area (Å²) < 4.78 is 30.9. The molecule has 1 aliphatic rings. The monoisotopic (exact) mass is 493 g/mol. The molecule has 11 heteroatoms. The van der Waals surface area contributed by atoms with Crippen LogP contribution >= 0.6 is 34.8 Å². The molecule has 1 aromatic carbocycles. The van der Waals surface area contributed by atoms with E-state index in [0.717, 1.165) is 5.69 Å². The molecule has 0 spiro atoms. The summed E-state index contributed by atoms with van der Waals surface area (Å²) in [4.78, 5) is 12.5. The van der Waals surface area contributed by atoms with E-state index in [0.29, 0.717) is 12.2 Å². The summed E-state index contributed by atoms with van der Waals surface area (Å²) in [5, 5.41) is 8.11. The summed E-state index contributed by atoms with van der Waals surface area (Å²) in [6.45, 7) is 5.65. The van der Waals surface area contributed by atoms with E-state index >= 15 is 0 Å². The van der Waals surface area contributed by atoms with Crippen molar-refractivity contribution in [2.45, 2.75) is 38.6 Å². The van der Waals surface area contributed by atoms with Crippen molar-refractivity contribution in [2.75, 3.05) is 23.4 Å². The minimum Gasteiger partial charge on any atom is -0.482 e. The van der Waals surface area contributed by atoms with Gasteiger partial charge in [-0.3, -0.25) is 4.79 Å². The van der Waals surface area contributed by atoms with Crippen LogP contribution in [0, 0.1) is 0 Å². The second-order valence-electron chi connectivity index (χ2n) is 8.20. The first-order chi connectivity index (χ1) is 13.9. The molecular weight excluding hydrogens is 473 g/mol. The molecule has 0 saturated carbocycles. The van der Waals surface area contributed by atoms with Crippen LogP contribution in [0.1, 0.15) is 38.9 Å². The van der Waals surface area contributed by atoms with Crippen LogP contribution in [-0.2, 0) is 20.0 Å². The number of hydrogen-bond donors (Lipinski definition) is 1. The van der Waals surface area contributed by atoms with Gasteiger partial charge in [-0.25, -0.2) is 13.1 Å². The van der Waals surface area contributed by atoms with Crippen LogP contribution in [-0.4, -0.2) is 42.2 Å². The van der Waals surface area contributed by atoms with Crippen LogP contribution < -0.4 is 10.1 Å². The third-order valence-electron chi connectivity index (χ3n) is 4.66. The number of anilines is 1. The van der Waals surface area contributed by atoms with E-state index in [4.69, 9.17) is 39.5 Å². The predicted octanol–water partition coefficient (Wildman–Crippen LogP) is 4.52. The highest BCUT2D eigenvalue weighted by molar-refractivity contribution is 7.91. The Morgan fingerprint density at radius 3 is 2.47 bits per heavy atom. The van der Waals surface area contributed by atoms with Crippen molar-refractivity contribution in [1.29, 1.82) is 0 Å². The van der Waals surface area contributed by atoms with Gasteiger partial charge in [-0.15, -0.1) is 0 Å². The van der Waals surface area contributed by atoms with Gasteiger partial charge in [-0.05, 0) is 12.5 Å². The fourth-order valence-corrected chi connectivity index (χ4v) is 5.32. The molecule has 1 atom stereocenters.